The Balaban J connectivity index is 1.95. The van der Waals surface area contributed by atoms with Crippen molar-refractivity contribution in [3.63, 3.8) is 0 Å². The first-order valence-electron chi connectivity index (χ1n) is 9.11. The molecule has 4 rings (SSSR count). The molecule has 1 unspecified atom stereocenters. The fraction of sp³-hybridized carbons (Fsp3) is 0.0870. The first-order valence-corrected chi connectivity index (χ1v) is 9.91. The van der Waals surface area contributed by atoms with Crippen LogP contribution in [0.5, 0.6) is 0 Å². The Morgan fingerprint density at radius 3 is 2.50 bits per heavy atom. The highest BCUT2D eigenvalue weighted by atomic mass is 79.9. The lowest BCUT2D eigenvalue weighted by Gasteiger charge is -2.25. The van der Waals surface area contributed by atoms with Crippen LogP contribution in [0.2, 0.25) is 0 Å². The molecular formula is C23H16BrFN2O3. The summed E-state index contributed by atoms with van der Waals surface area (Å²) in [5, 5.41) is 11.0. The monoisotopic (exact) mass is 466 g/mol. The molecule has 30 heavy (non-hydrogen) atoms. The molecule has 3 aromatic rings. The van der Waals surface area contributed by atoms with Crippen LogP contribution < -0.4 is 4.90 Å². The number of hydrogen-bond acceptors (Lipinski definition) is 4. The van der Waals surface area contributed by atoms with Gasteiger partial charge in [0.2, 0.25) is 0 Å². The zero-order valence-corrected chi connectivity index (χ0v) is 17.4. The molecule has 7 heteroatoms. The van der Waals surface area contributed by atoms with E-state index in [-0.39, 0.29) is 16.9 Å². The van der Waals surface area contributed by atoms with E-state index in [1.165, 1.54) is 23.1 Å². The largest absolute Gasteiger partial charge is 0.507 e. The van der Waals surface area contributed by atoms with Crippen LogP contribution in [0.4, 0.5) is 10.1 Å². The van der Waals surface area contributed by atoms with Crippen LogP contribution in [0.3, 0.4) is 0 Å². The second-order valence-corrected chi connectivity index (χ2v) is 7.81. The van der Waals surface area contributed by atoms with Gasteiger partial charge in [-0.1, -0.05) is 22.0 Å². The molecule has 150 valence electrons. The number of rotatable bonds is 3. The highest BCUT2D eigenvalue weighted by Crippen LogP contribution is 2.42. The molecule has 0 radical (unpaired) electrons. The van der Waals surface area contributed by atoms with Crippen molar-refractivity contribution in [2.45, 2.75) is 13.0 Å². The molecule has 2 heterocycles. The Labute approximate surface area is 180 Å². The standard InChI is InChI=1S/C23H16BrFN2O3/c1-13-11-15(5-6-18(13)25)21(28)19-20(14-7-9-26-10-8-14)27(23(30)22(19)29)17-4-2-3-16(24)12-17/h2-12,20,28H,1H3/b21-19+. The summed E-state index contributed by atoms with van der Waals surface area (Å²) in [7, 11) is 0. The van der Waals surface area contributed by atoms with Gasteiger partial charge in [-0.15, -0.1) is 0 Å². The maximum absolute atomic E-state index is 13.7. The molecule has 1 fully saturated rings. The Morgan fingerprint density at radius 1 is 1.10 bits per heavy atom. The van der Waals surface area contributed by atoms with Crippen LogP contribution in [0.1, 0.15) is 22.7 Å². The van der Waals surface area contributed by atoms with Gasteiger partial charge in [0.25, 0.3) is 11.7 Å². The molecule has 1 aliphatic rings. The van der Waals surface area contributed by atoms with Crippen molar-refractivity contribution in [1.29, 1.82) is 0 Å². The molecular weight excluding hydrogens is 451 g/mol. The summed E-state index contributed by atoms with van der Waals surface area (Å²) in [6, 6.07) is 13.6. The van der Waals surface area contributed by atoms with Gasteiger partial charge in [0, 0.05) is 28.1 Å². The topological polar surface area (TPSA) is 70.5 Å². The first-order chi connectivity index (χ1) is 14.4. The van der Waals surface area contributed by atoms with E-state index >= 15 is 0 Å². The van der Waals surface area contributed by atoms with Crippen molar-refractivity contribution >= 4 is 39.1 Å². The number of anilines is 1. The van der Waals surface area contributed by atoms with E-state index in [0.29, 0.717) is 16.8 Å². The van der Waals surface area contributed by atoms with Gasteiger partial charge in [0.05, 0.1) is 11.6 Å². The summed E-state index contributed by atoms with van der Waals surface area (Å²) in [6.07, 6.45) is 3.11. The number of nitrogens with zero attached hydrogens (tertiary/aromatic N) is 2. The van der Waals surface area contributed by atoms with Crippen LogP contribution in [0.25, 0.3) is 5.76 Å². The summed E-state index contributed by atoms with van der Waals surface area (Å²) < 4.78 is 14.4. The summed E-state index contributed by atoms with van der Waals surface area (Å²) in [6.45, 7) is 1.56. The van der Waals surface area contributed by atoms with E-state index in [9.17, 15) is 19.1 Å². The van der Waals surface area contributed by atoms with E-state index in [0.717, 1.165) is 4.47 Å². The molecule has 2 aromatic carbocycles. The number of carbonyl (C=O) groups excluding carboxylic acids is 2. The van der Waals surface area contributed by atoms with Gasteiger partial charge < -0.3 is 5.11 Å². The summed E-state index contributed by atoms with van der Waals surface area (Å²) in [5.41, 5.74) is 1.64. The smallest absolute Gasteiger partial charge is 0.300 e. The minimum absolute atomic E-state index is 0.0582. The second kappa shape index (κ2) is 7.84. The van der Waals surface area contributed by atoms with E-state index in [2.05, 4.69) is 20.9 Å². The fourth-order valence-electron chi connectivity index (χ4n) is 3.53. The molecule has 1 N–H and O–H groups in total. The normalized spacial score (nSPS) is 18.1. The van der Waals surface area contributed by atoms with Gasteiger partial charge in [-0.05, 0) is 66.6 Å². The number of hydrogen-bond donors (Lipinski definition) is 1. The lowest BCUT2D eigenvalue weighted by atomic mass is 9.95. The molecule has 5 nitrogen and oxygen atoms in total. The molecule has 0 spiro atoms. The maximum Gasteiger partial charge on any atom is 0.300 e. The average Bonchev–Trinajstić information content (AvgIpc) is 3.01. The number of aliphatic hydroxyl groups is 1. The molecule has 1 atom stereocenters. The predicted octanol–water partition coefficient (Wildman–Crippen LogP) is 4.92. The van der Waals surface area contributed by atoms with Crippen LogP contribution in [-0.4, -0.2) is 21.8 Å². The number of halogens is 2. The zero-order valence-electron chi connectivity index (χ0n) is 15.8. The maximum atomic E-state index is 13.7. The SMILES string of the molecule is Cc1cc(/C(O)=C2\C(=O)C(=O)N(c3cccc(Br)c3)C2c2ccncc2)ccc1F. The van der Waals surface area contributed by atoms with Gasteiger partial charge in [-0.25, -0.2) is 4.39 Å². The Kier molecular flexibility index (Phi) is 5.22. The molecule has 0 aliphatic carbocycles. The van der Waals surface area contributed by atoms with Crippen LogP contribution in [0, 0.1) is 12.7 Å². The highest BCUT2D eigenvalue weighted by Gasteiger charge is 2.47. The molecule has 0 saturated carbocycles. The number of aromatic nitrogens is 1. The Morgan fingerprint density at radius 2 is 1.83 bits per heavy atom. The third kappa shape index (κ3) is 3.41. The van der Waals surface area contributed by atoms with Crippen molar-refractivity contribution < 1.29 is 19.1 Å². The molecule has 1 aromatic heterocycles. The number of Topliss-reactive ketones (excluding diaryl/α,β-unsaturated/α-hetero) is 1. The van der Waals surface area contributed by atoms with E-state index in [4.69, 9.17) is 0 Å². The number of aliphatic hydroxyl groups excluding tert-OH is 1. The third-order valence-corrected chi connectivity index (χ3v) is 5.48. The number of amides is 1. The Hall–Kier alpha value is -3.32. The number of carbonyl (C=O) groups is 2. The predicted molar refractivity (Wildman–Crippen MR) is 114 cm³/mol. The zero-order chi connectivity index (χ0) is 21.4. The lowest BCUT2D eigenvalue weighted by Crippen LogP contribution is -2.29. The number of aryl methyl sites for hydroxylation is 1. The quantitative estimate of drug-likeness (QED) is 0.338. The third-order valence-electron chi connectivity index (χ3n) is 4.98. The van der Waals surface area contributed by atoms with E-state index in [1.54, 1.807) is 49.6 Å². The van der Waals surface area contributed by atoms with Crippen molar-refractivity contribution in [3.8, 4) is 0 Å². The minimum atomic E-state index is -0.854. The molecule has 1 aliphatic heterocycles. The van der Waals surface area contributed by atoms with Crippen LogP contribution in [-0.2, 0) is 9.59 Å². The lowest BCUT2D eigenvalue weighted by molar-refractivity contribution is -0.132. The second-order valence-electron chi connectivity index (χ2n) is 6.89. The fourth-order valence-corrected chi connectivity index (χ4v) is 3.92. The molecule has 1 amide bonds. The highest BCUT2D eigenvalue weighted by molar-refractivity contribution is 9.10. The van der Waals surface area contributed by atoms with Gasteiger partial charge >= 0.3 is 0 Å². The molecule has 1 saturated heterocycles. The number of ketones is 1. The van der Waals surface area contributed by atoms with Gasteiger partial charge in [-0.2, -0.15) is 0 Å². The van der Waals surface area contributed by atoms with Crippen molar-refractivity contribution in [2.75, 3.05) is 4.90 Å². The first kappa shape index (κ1) is 20.0. The van der Waals surface area contributed by atoms with Crippen molar-refractivity contribution in [3.05, 3.63) is 99.5 Å². The summed E-state index contributed by atoms with van der Waals surface area (Å²) in [5.74, 6) is -2.34. The van der Waals surface area contributed by atoms with E-state index < -0.39 is 23.5 Å². The van der Waals surface area contributed by atoms with Gasteiger partial charge in [0.1, 0.15) is 11.6 Å². The van der Waals surface area contributed by atoms with Crippen LogP contribution >= 0.6 is 15.9 Å². The van der Waals surface area contributed by atoms with Crippen molar-refractivity contribution in [2.24, 2.45) is 0 Å². The van der Waals surface area contributed by atoms with E-state index in [1.807, 2.05) is 6.07 Å². The number of pyridine rings is 1. The van der Waals surface area contributed by atoms with Gasteiger partial charge in [-0.3, -0.25) is 19.5 Å². The minimum Gasteiger partial charge on any atom is -0.507 e. The van der Waals surface area contributed by atoms with Crippen molar-refractivity contribution in [1.82, 2.24) is 4.98 Å². The Bertz CT molecular complexity index is 1190. The average molecular weight is 467 g/mol. The summed E-state index contributed by atoms with van der Waals surface area (Å²) >= 11 is 3.39. The molecule has 0 bridgehead atoms. The van der Waals surface area contributed by atoms with Crippen LogP contribution in [0.15, 0.2) is 77.0 Å². The number of benzene rings is 2. The summed E-state index contributed by atoms with van der Waals surface area (Å²) in [4.78, 5) is 31.4. The van der Waals surface area contributed by atoms with Gasteiger partial charge in [0.15, 0.2) is 0 Å².